The predicted octanol–water partition coefficient (Wildman–Crippen LogP) is 3.52. The highest BCUT2D eigenvalue weighted by Gasteiger charge is 2.31. The number of anilines is 1. The van der Waals surface area contributed by atoms with Crippen LogP contribution < -0.4 is 10.9 Å². The van der Waals surface area contributed by atoms with Crippen LogP contribution in [0.15, 0.2) is 34.1 Å². The lowest BCUT2D eigenvalue weighted by Crippen LogP contribution is -2.27. The van der Waals surface area contributed by atoms with Crippen LogP contribution in [0.3, 0.4) is 0 Å². The van der Waals surface area contributed by atoms with Crippen LogP contribution in [0, 0.1) is 0 Å². The molecule has 1 fully saturated rings. The summed E-state index contributed by atoms with van der Waals surface area (Å²) >= 11 is 6.49. The van der Waals surface area contributed by atoms with Crippen molar-refractivity contribution in [2.24, 2.45) is 0 Å². The molecule has 1 aliphatic rings. The number of aromatic nitrogens is 2. The first-order valence-electron chi connectivity index (χ1n) is 9.07. The Labute approximate surface area is 167 Å². The molecule has 8 heteroatoms. The molecule has 27 heavy (non-hydrogen) atoms. The summed E-state index contributed by atoms with van der Waals surface area (Å²) in [6, 6.07) is 5.42. The number of nitrogens with zero attached hydrogens (tertiary/aromatic N) is 3. The van der Waals surface area contributed by atoms with Gasteiger partial charge in [-0.3, -0.25) is 18.9 Å². The molecule has 0 saturated carbocycles. The van der Waals surface area contributed by atoms with Gasteiger partial charge in [0.15, 0.2) is 0 Å². The summed E-state index contributed by atoms with van der Waals surface area (Å²) in [4.78, 5) is 32.2. The summed E-state index contributed by atoms with van der Waals surface area (Å²) in [5.74, 6) is 0.339. The Morgan fingerprint density at radius 2 is 2.07 bits per heavy atom. The Morgan fingerprint density at radius 1 is 1.26 bits per heavy atom. The highest BCUT2D eigenvalue weighted by Crippen LogP contribution is 2.32. The first-order valence-corrected chi connectivity index (χ1v) is 10.3. The van der Waals surface area contributed by atoms with Crippen molar-refractivity contribution >= 4 is 51.7 Å². The summed E-state index contributed by atoms with van der Waals surface area (Å²) < 4.78 is 2.00. The van der Waals surface area contributed by atoms with E-state index in [-0.39, 0.29) is 11.5 Å². The van der Waals surface area contributed by atoms with E-state index in [1.165, 1.54) is 21.1 Å². The lowest BCUT2D eigenvalue weighted by atomic mass is 10.2. The van der Waals surface area contributed by atoms with Crippen molar-refractivity contribution in [3.8, 4) is 0 Å². The molecule has 0 aliphatic carbocycles. The zero-order valence-corrected chi connectivity index (χ0v) is 17.0. The van der Waals surface area contributed by atoms with Crippen molar-refractivity contribution < 1.29 is 4.79 Å². The van der Waals surface area contributed by atoms with Crippen molar-refractivity contribution in [3.63, 3.8) is 0 Å². The Hall–Kier alpha value is -2.19. The molecule has 0 aromatic carbocycles. The standard InChI is InChI=1S/C19H22N4O2S2/c1-3-5-7-10-20-16-13(12-14-18(25)22(4-2)19(26)27-14)17(24)23-11-8-6-9-15(23)21-16/h6,8-9,11-12,20H,3-5,7,10H2,1-2H3. The lowest BCUT2D eigenvalue weighted by Gasteiger charge is -2.11. The maximum atomic E-state index is 13.0. The minimum Gasteiger partial charge on any atom is -0.369 e. The van der Waals surface area contributed by atoms with Crippen LogP contribution in [0.2, 0.25) is 0 Å². The Morgan fingerprint density at radius 3 is 2.78 bits per heavy atom. The van der Waals surface area contributed by atoms with Gasteiger partial charge in [-0.25, -0.2) is 4.98 Å². The van der Waals surface area contributed by atoms with Gasteiger partial charge in [-0.2, -0.15) is 0 Å². The molecule has 3 heterocycles. The molecule has 0 spiro atoms. The fraction of sp³-hybridized carbons (Fsp3) is 0.368. The van der Waals surface area contributed by atoms with Crippen molar-refractivity contribution in [3.05, 3.63) is 45.2 Å². The molecule has 0 bridgehead atoms. The molecule has 0 atom stereocenters. The normalized spacial score (nSPS) is 15.9. The van der Waals surface area contributed by atoms with Crippen molar-refractivity contribution in [2.45, 2.75) is 33.1 Å². The van der Waals surface area contributed by atoms with E-state index in [1.807, 2.05) is 13.0 Å². The fourth-order valence-corrected chi connectivity index (χ4v) is 4.22. The van der Waals surface area contributed by atoms with Gasteiger partial charge in [0.05, 0.1) is 10.5 Å². The van der Waals surface area contributed by atoms with Gasteiger partial charge in [-0.15, -0.1) is 0 Å². The molecule has 1 saturated heterocycles. The van der Waals surface area contributed by atoms with Crippen LogP contribution in [0.5, 0.6) is 0 Å². The molecule has 0 unspecified atom stereocenters. The highest BCUT2D eigenvalue weighted by atomic mass is 32.2. The molecule has 1 N–H and O–H groups in total. The molecule has 3 rings (SSSR count). The first kappa shape index (κ1) is 19.6. The van der Waals surface area contributed by atoms with E-state index in [2.05, 4.69) is 17.2 Å². The second-order valence-corrected chi connectivity index (χ2v) is 7.84. The highest BCUT2D eigenvalue weighted by molar-refractivity contribution is 8.26. The number of hydrogen-bond acceptors (Lipinski definition) is 6. The number of amides is 1. The monoisotopic (exact) mass is 402 g/mol. The lowest BCUT2D eigenvalue weighted by molar-refractivity contribution is -0.121. The van der Waals surface area contributed by atoms with Crippen LogP contribution in [0.1, 0.15) is 38.7 Å². The molecule has 0 radical (unpaired) electrons. The molecule has 2 aromatic heterocycles. The largest absolute Gasteiger partial charge is 0.369 e. The topological polar surface area (TPSA) is 66.7 Å². The Kier molecular flexibility index (Phi) is 6.28. The van der Waals surface area contributed by atoms with Crippen molar-refractivity contribution in [2.75, 3.05) is 18.4 Å². The van der Waals surface area contributed by atoms with E-state index in [9.17, 15) is 9.59 Å². The third-order valence-corrected chi connectivity index (χ3v) is 5.68. The van der Waals surface area contributed by atoms with E-state index < -0.39 is 0 Å². The van der Waals surface area contributed by atoms with E-state index in [0.29, 0.717) is 32.8 Å². The van der Waals surface area contributed by atoms with Gasteiger partial charge in [0.25, 0.3) is 11.5 Å². The predicted molar refractivity (Wildman–Crippen MR) is 115 cm³/mol. The number of thiocarbonyl (C=S) groups is 1. The second-order valence-electron chi connectivity index (χ2n) is 6.17. The molecule has 6 nitrogen and oxygen atoms in total. The van der Waals surface area contributed by atoms with Gasteiger partial charge < -0.3 is 5.32 Å². The maximum absolute atomic E-state index is 13.0. The number of carbonyl (C=O) groups excluding carboxylic acids is 1. The van der Waals surface area contributed by atoms with E-state index in [1.54, 1.807) is 24.4 Å². The van der Waals surface area contributed by atoms with Crippen LogP contribution in [0.25, 0.3) is 11.7 Å². The number of rotatable bonds is 7. The van der Waals surface area contributed by atoms with E-state index in [4.69, 9.17) is 12.2 Å². The number of pyridine rings is 1. The summed E-state index contributed by atoms with van der Waals surface area (Å²) in [5.41, 5.74) is 0.742. The zero-order chi connectivity index (χ0) is 19.4. The third kappa shape index (κ3) is 4.06. The summed E-state index contributed by atoms with van der Waals surface area (Å²) in [7, 11) is 0. The minimum atomic E-state index is -0.208. The smallest absolute Gasteiger partial charge is 0.267 e. The second kappa shape index (κ2) is 8.67. The first-order chi connectivity index (χ1) is 13.1. The summed E-state index contributed by atoms with van der Waals surface area (Å²) in [5, 5.41) is 3.27. The maximum Gasteiger partial charge on any atom is 0.267 e. The molecule has 1 aliphatic heterocycles. The van der Waals surface area contributed by atoms with Crippen LogP contribution in [-0.2, 0) is 4.79 Å². The van der Waals surface area contributed by atoms with Crippen molar-refractivity contribution in [1.29, 1.82) is 0 Å². The number of nitrogens with one attached hydrogen (secondary N) is 1. The van der Waals surface area contributed by atoms with Gasteiger partial charge in [-0.05, 0) is 31.6 Å². The van der Waals surface area contributed by atoms with Crippen LogP contribution >= 0.6 is 24.0 Å². The van der Waals surface area contributed by atoms with Crippen LogP contribution in [0.4, 0.5) is 5.82 Å². The number of likely N-dealkylation sites (N-methyl/N-ethyl adjacent to an activating group) is 1. The molecule has 142 valence electrons. The Bertz CT molecular complexity index is 968. The number of hydrogen-bond donors (Lipinski definition) is 1. The minimum absolute atomic E-state index is 0.165. The van der Waals surface area contributed by atoms with Crippen LogP contribution in [-0.4, -0.2) is 37.6 Å². The average Bonchev–Trinajstić information content (AvgIpc) is 2.94. The third-order valence-electron chi connectivity index (χ3n) is 4.31. The van der Waals surface area contributed by atoms with Gasteiger partial charge >= 0.3 is 0 Å². The van der Waals surface area contributed by atoms with E-state index >= 15 is 0 Å². The number of unbranched alkanes of at least 4 members (excludes halogenated alkanes) is 2. The van der Waals surface area contributed by atoms with Gasteiger partial charge in [0.2, 0.25) is 0 Å². The molecular weight excluding hydrogens is 380 g/mol. The van der Waals surface area contributed by atoms with Gasteiger partial charge in [0.1, 0.15) is 15.8 Å². The van der Waals surface area contributed by atoms with Gasteiger partial charge in [-0.1, -0.05) is 49.8 Å². The fourth-order valence-electron chi connectivity index (χ4n) is 2.85. The summed E-state index contributed by atoms with van der Waals surface area (Å²) in [6.45, 7) is 5.25. The Balaban J connectivity index is 2.05. The quantitative estimate of drug-likeness (QED) is 0.434. The SMILES string of the molecule is CCCCCNc1nc2ccccn2c(=O)c1C=C1SC(=S)N(CC)C1=O. The summed E-state index contributed by atoms with van der Waals surface area (Å²) in [6.07, 6.45) is 6.50. The number of thioether (sulfide) groups is 1. The molecular formula is C19H22N4O2S2. The zero-order valence-electron chi connectivity index (χ0n) is 15.4. The number of carbonyl (C=O) groups is 1. The van der Waals surface area contributed by atoms with E-state index in [0.717, 1.165) is 25.8 Å². The molecule has 2 aromatic rings. The number of fused-ring (bicyclic) bond motifs is 1. The van der Waals surface area contributed by atoms with Gasteiger partial charge in [0, 0.05) is 19.3 Å². The molecule has 1 amide bonds. The average molecular weight is 403 g/mol. The van der Waals surface area contributed by atoms with Crippen molar-refractivity contribution in [1.82, 2.24) is 14.3 Å².